The third kappa shape index (κ3) is 7.00. The number of allylic oxidation sites excluding steroid dienone is 2. The molecule has 180 valence electrons. The summed E-state index contributed by atoms with van der Waals surface area (Å²) < 4.78 is 10.9. The summed E-state index contributed by atoms with van der Waals surface area (Å²) in [6.45, 7) is 7.59. The predicted octanol–water partition coefficient (Wildman–Crippen LogP) is 5.77. The van der Waals surface area contributed by atoms with Crippen LogP contribution < -0.4 is 10.1 Å². The van der Waals surface area contributed by atoms with E-state index >= 15 is 0 Å². The summed E-state index contributed by atoms with van der Waals surface area (Å²) in [5.41, 5.74) is 2.24. The minimum absolute atomic E-state index is 0.151. The molecule has 1 aromatic carbocycles. The largest absolute Gasteiger partial charge is 0.491 e. The zero-order valence-corrected chi connectivity index (χ0v) is 20.9. The van der Waals surface area contributed by atoms with Crippen LogP contribution in [0.2, 0.25) is 10.0 Å². The van der Waals surface area contributed by atoms with Crippen molar-refractivity contribution >= 4 is 51.8 Å². The van der Waals surface area contributed by atoms with E-state index < -0.39 is 0 Å². The number of amides is 1. The molecule has 0 bridgehead atoms. The molecule has 0 radical (unpaired) electrons. The van der Waals surface area contributed by atoms with E-state index in [9.17, 15) is 4.79 Å². The van der Waals surface area contributed by atoms with E-state index in [1.807, 2.05) is 12.1 Å². The number of anilines is 1. The van der Waals surface area contributed by atoms with Gasteiger partial charge < -0.3 is 24.7 Å². The van der Waals surface area contributed by atoms with Gasteiger partial charge in [-0.05, 0) is 49.5 Å². The Balaban J connectivity index is 1.57. The molecule has 0 saturated heterocycles. The highest BCUT2D eigenvalue weighted by Gasteiger charge is 2.10. The fourth-order valence-electron chi connectivity index (χ4n) is 3.27. The normalized spacial score (nSPS) is 12.0. The van der Waals surface area contributed by atoms with Gasteiger partial charge in [0.1, 0.15) is 6.61 Å². The minimum atomic E-state index is -0.389. The molecule has 2 N–H and O–H groups in total. The molecule has 0 fully saturated rings. The second kappa shape index (κ2) is 12.5. The quantitative estimate of drug-likeness (QED) is 0.197. The monoisotopic (exact) mass is 502 g/mol. The number of carbonyl (C=O) groups is 1. The van der Waals surface area contributed by atoms with Crippen molar-refractivity contribution in [1.82, 2.24) is 14.9 Å². The Morgan fingerprint density at radius 3 is 2.62 bits per heavy atom. The lowest BCUT2D eigenvalue weighted by Gasteiger charge is -2.17. The molecule has 2 heterocycles. The Morgan fingerprint density at radius 2 is 1.94 bits per heavy atom. The van der Waals surface area contributed by atoms with E-state index in [4.69, 9.17) is 32.7 Å². The van der Waals surface area contributed by atoms with Crippen LogP contribution in [-0.2, 0) is 9.53 Å². The predicted molar refractivity (Wildman–Crippen MR) is 139 cm³/mol. The first-order valence-corrected chi connectivity index (χ1v) is 11.7. The van der Waals surface area contributed by atoms with E-state index in [1.165, 1.54) is 7.11 Å². The van der Waals surface area contributed by atoms with Crippen LogP contribution in [0.5, 0.6) is 5.88 Å². The molecular formula is C25H28Cl2N4O3. The first-order valence-electron chi connectivity index (χ1n) is 11.0. The molecule has 0 spiro atoms. The van der Waals surface area contributed by atoms with E-state index in [1.54, 1.807) is 42.6 Å². The van der Waals surface area contributed by atoms with Crippen molar-refractivity contribution in [3.63, 3.8) is 0 Å². The van der Waals surface area contributed by atoms with Crippen LogP contribution >= 0.6 is 23.2 Å². The summed E-state index contributed by atoms with van der Waals surface area (Å²) in [5, 5.41) is 4.69. The van der Waals surface area contributed by atoms with Crippen molar-refractivity contribution in [3.05, 3.63) is 70.2 Å². The summed E-state index contributed by atoms with van der Waals surface area (Å²) in [6, 6.07) is 8.97. The number of hydrogen-bond donors (Lipinski definition) is 2. The van der Waals surface area contributed by atoms with Crippen molar-refractivity contribution in [2.24, 2.45) is 0 Å². The molecule has 7 nitrogen and oxygen atoms in total. The second-order valence-electron chi connectivity index (χ2n) is 7.39. The van der Waals surface area contributed by atoms with Crippen LogP contribution in [0.25, 0.3) is 17.0 Å². The van der Waals surface area contributed by atoms with Crippen molar-refractivity contribution < 1.29 is 14.3 Å². The van der Waals surface area contributed by atoms with Gasteiger partial charge in [-0.25, -0.2) is 4.98 Å². The van der Waals surface area contributed by atoms with E-state index in [-0.39, 0.29) is 11.7 Å². The Kier molecular flexibility index (Phi) is 9.39. The molecule has 9 heteroatoms. The number of aromatic nitrogens is 2. The maximum absolute atomic E-state index is 12.6. The zero-order valence-electron chi connectivity index (χ0n) is 19.4. The van der Waals surface area contributed by atoms with Crippen LogP contribution in [0.15, 0.2) is 54.4 Å². The number of carbonyl (C=O) groups excluding carboxylic acids is 1. The lowest BCUT2D eigenvalue weighted by molar-refractivity contribution is -0.115. The third-order valence-electron chi connectivity index (χ3n) is 5.20. The molecule has 34 heavy (non-hydrogen) atoms. The summed E-state index contributed by atoms with van der Waals surface area (Å²) >= 11 is 12.1. The van der Waals surface area contributed by atoms with Crippen molar-refractivity contribution in [2.75, 3.05) is 38.7 Å². The summed E-state index contributed by atoms with van der Waals surface area (Å²) in [4.78, 5) is 22.3. The number of ether oxygens (including phenoxy) is 2. The zero-order chi connectivity index (χ0) is 24.5. The molecular weight excluding hydrogens is 475 g/mol. The van der Waals surface area contributed by atoms with Gasteiger partial charge in [-0.2, -0.15) is 0 Å². The van der Waals surface area contributed by atoms with Gasteiger partial charge in [0.05, 0.1) is 29.0 Å². The first-order chi connectivity index (χ1) is 16.4. The number of nitrogens with one attached hydrogen (secondary N) is 2. The second-order valence-corrected chi connectivity index (χ2v) is 8.20. The number of methoxy groups -OCH3 is 1. The average Bonchev–Trinajstić information content (AvgIpc) is 3.22. The number of rotatable bonds is 11. The fraction of sp³-hybridized carbons (Fsp3) is 0.280. The minimum Gasteiger partial charge on any atom is -0.491 e. The Morgan fingerprint density at radius 1 is 1.18 bits per heavy atom. The van der Waals surface area contributed by atoms with Gasteiger partial charge in [-0.3, -0.25) is 4.79 Å². The van der Waals surface area contributed by atoms with Crippen molar-refractivity contribution in [2.45, 2.75) is 13.8 Å². The van der Waals surface area contributed by atoms with E-state index in [0.29, 0.717) is 28.2 Å². The lowest BCUT2D eigenvalue weighted by Crippen LogP contribution is -2.28. The molecule has 0 aliphatic rings. The first kappa shape index (κ1) is 25.6. The smallest absolute Gasteiger partial charge is 0.290 e. The third-order valence-corrected chi connectivity index (χ3v) is 5.92. The van der Waals surface area contributed by atoms with E-state index in [0.717, 1.165) is 36.2 Å². The Hall–Kier alpha value is -3.00. The molecule has 0 atom stereocenters. The highest BCUT2D eigenvalue weighted by atomic mass is 35.5. The SMILES string of the molecule is CCN(CC)CCOc1ccc(NC(=O)/C(=C/C=C/c2cc3cc(Cl)c(Cl)cc3[nH]2)OC)cn1. The van der Waals surface area contributed by atoms with Crippen LogP contribution in [0.4, 0.5) is 5.69 Å². The average molecular weight is 503 g/mol. The molecule has 2 aromatic heterocycles. The standard InChI is InChI=1S/C25H28Cl2N4O3/c1-4-31(5-2)11-12-34-24-10-9-19(16-28-24)30-25(32)23(33-3)8-6-7-18-13-17-14-20(26)21(27)15-22(17)29-18/h6-10,13-16,29H,4-5,11-12H2,1-3H3,(H,30,32)/b7-6+,23-8-. The van der Waals surface area contributed by atoms with Crippen LogP contribution in [-0.4, -0.2) is 54.1 Å². The van der Waals surface area contributed by atoms with Crippen molar-refractivity contribution in [1.29, 1.82) is 0 Å². The lowest BCUT2D eigenvalue weighted by atomic mass is 10.2. The number of nitrogens with zero attached hydrogens (tertiary/aromatic N) is 2. The summed E-state index contributed by atoms with van der Waals surface area (Å²) in [5.74, 6) is 0.272. The maximum Gasteiger partial charge on any atom is 0.290 e. The number of hydrogen-bond acceptors (Lipinski definition) is 5. The van der Waals surface area contributed by atoms with Crippen LogP contribution in [0.3, 0.4) is 0 Å². The Bertz CT molecular complexity index is 1130. The van der Waals surface area contributed by atoms with Gasteiger partial charge in [0.15, 0.2) is 5.76 Å². The van der Waals surface area contributed by atoms with E-state index in [2.05, 4.69) is 34.0 Å². The van der Waals surface area contributed by atoms with Crippen LogP contribution in [0.1, 0.15) is 19.5 Å². The highest BCUT2D eigenvalue weighted by molar-refractivity contribution is 6.42. The van der Waals surface area contributed by atoms with Gasteiger partial charge in [-0.1, -0.05) is 43.1 Å². The topological polar surface area (TPSA) is 79.5 Å². The summed E-state index contributed by atoms with van der Waals surface area (Å²) in [6.07, 6.45) is 6.67. The number of benzene rings is 1. The van der Waals surface area contributed by atoms with Gasteiger partial charge in [0.2, 0.25) is 5.88 Å². The number of halogens is 2. The van der Waals surface area contributed by atoms with Gasteiger partial charge >= 0.3 is 0 Å². The molecule has 3 aromatic rings. The fourth-order valence-corrected chi connectivity index (χ4v) is 3.60. The number of pyridine rings is 1. The van der Waals surface area contributed by atoms with Crippen LogP contribution in [0, 0.1) is 0 Å². The van der Waals surface area contributed by atoms with Gasteiger partial charge in [0, 0.05) is 29.2 Å². The number of likely N-dealkylation sites (N-methyl/N-ethyl adjacent to an activating group) is 1. The molecule has 0 aliphatic carbocycles. The number of fused-ring (bicyclic) bond motifs is 1. The summed E-state index contributed by atoms with van der Waals surface area (Å²) in [7, 11) is 1.44. The highest BCUT2D eigenvalue weighted by Crippen LogP contribution is 2.28. The molecule has 3 rings (SSSR count). The number of H-pyrrole nitrogens is 1. The van der Waals surface area contributed by atoms with Gasteiger partial charge in [-0.15, -0.1) is 0 Å². The van der Waals surface area contributed by atoms with Crippen molar-refractivity contribution in [3.8, 4) is 5.88 Å². The molecule has 0 unspecified atom stereocenters. The number of aromatic amines is 1. The maximum atomic E-state index is 12.6. The Labute approximate surface area is 209 Å². The molecule has 0 aliphatic heterocycles. The van der Waals surface area contributed by atoms with Gasteiger partial charge in [0.25, 0.3) is 5.91 Å². The molecule has 1 amide bonds. The molecule has 0 saturated carbocycles.